The average molecular weight is 443 g/mol. The normalized spacial score (nSPS) is 10.1. The summed E-state index contributed by atoms with van der Waals surface area (Å²) >= 11 is 0. The Hall–Kier alpha value is -2.94. The van der Waals surface area contributed by atoms with Crippen LogP contribution in [0.1, 0.15) is 11.4 Å². The Morgan fingerprint density at radius 2 is 0.867 bits per heavy atom. The smallest absolute Gasteiger partial charge is 0.0541 e. The molecule has 0 aliphatic rings. The van der Waals surface area contributed by atoms with Crippen LogP contribution >= 0.6 is 0 Å². The number of aromatic nitrogens is 2. The molecule has 0 atom stereocenters. The molecule has 144 valence electrons. The Morgan fingerprint density at radius 3 is 1.20 bits per heavy atom. The topological polar surface area (TPSA) is 37.8 Å². The minimum absolute atomic E-state index is 0. The van der Waals surface area contributed by atoms with E-state index in [-0.39, 0.29) is 19.5 Å². The Kier molecular flexibility index (Phi) is 8.20. The van der Waals surface area contributed by atoms with Gasteiger partial charge in [0.15, 0.2) is 0 Å². The average Bonchev–Trinajstić information content (AvgIpc) is 2.79. The van der Waals surface area contributed by atoms with Crippen LogP contribution in [0.25, 0.3) is 21.5 Å². The van der Waals surface area contributed by atoms with E-state index < -0.39 is 0 Å². The van der Waals surface area contributed by atoms with Crippen molar-refractivity contribution in [2.75, 3.05) is 0 Å². The van der Waals surface area contributed by atoms with E-state index in [0.717, 1.165) is 24.5 Å². The third kappa shape index (κ3) is 6.03. The van der Waals surface area contributed by atoms with Crippen molar-refractivity contribution in [1.82, 2.24) is 15.3 Å². The summed E-state index contributed by atoms with van der Waals surface area (Å²) < 4.78 is 0. The number of fused-ring (bicyclic) bond motifs is 2. The summed E-state index contributed by atoms with van der Waals surface area (Å²) in [4.78, 5) is 8.45. The first-order chi connectivity index (χ1) is 14.4. The molecule has 0 amide bonds. The van der Waals surface area contributed by atoms with Crippen molar-refractivity contribution >= 4 is 21.5 Å². The molecule has 0 unspecified atom stereocenters. The molecule has 0 aliphatic carbocycles. The van der Waals surface area contributed by atoms with Gasteiger partial charge in [0.2, 0.25) is 0 Å². The Morgan fingerprint density at radius 1 is 0.500 bits per heavy atom. The molecule has 2 aromatic heterocycles. The molecule has 5 rings (SSSR count). The van der Waals surface area contributed by atoms with E-state index in [1.807, 2.05) is 36.4 Å². The second-order valence-electron chi connectivity index (χ2n) is 6.79. The predicted molar refractivity (Wildman–Crippen MR) is 120 cm³/mol. The second kappa shape index (κ2) is 11.3. The van der Waals surface area contributed by atoms with Gasteiger partial charge in [0.05, 0.1) is 11.4 Å². The van der Waals surface area contributed by atoms with Crippen LogP contribution in [0.15, 0.2) is 109 Å². The maximum Gasteiger partial charge on any atom is 0.0541 e. The van der Waals surface area contributed by atoms with Crippen LogP contribution in [0.4, 0.5) is 0 Å². The van der Waals surface area contributed by atoms with Crippen LogP contribution in [0.5, 0.6) is 0 Å². The van der Waals surface area contributed by atoms with Gasteiger partial charge in [-0.1, -0.05) is 60.7 Å². The van der Waals surface area contributed by atoms with Gasteiger partial charge in [0.1, 0.15) is 0 Å². The molecule has 5 aromatic rings. The Labute approximate surface area is 190 Å². The third-order valence-electron chi connectivity index (χ3n) is 4.68. The standard InChI is InChI=1S/C14H10.C12H13N3.Zn/c1-2-6-12-10-14-8-4-3-7-13(14)9-11(12)5-1;1-3-7-14-11(5-1)9-13-10-12-6-2-4-8-15-12;/h1-10H;1-8,13H,9-10H2;. The van der Waals surface area contributed by atoms with E-state index in [1.54, 1.807) is 12.4 Å². The first-order valence-corrected chi connectivity index (χ1v) is 9.76. The van der Waals surface area contributed by atoms with Crippen molar-refractivity contribution in [1.29, 1.82) is 0 Å². The van der Waals surface area contributed by atoms with Gasteiger partial charge in [0, 0.05) is 45.0 Å². The van der Waals surface area contributed by atoms with Crippen LogP contribution < -0.4 is 5.32 Å². The van der Waals surface area contributed by atoms with Gasteiger partial charge in [-0.2, -0.15) is 0 Å². The van der Waals surface area contributed by atoms with Gasteiger partial charge < -0.3 is 5.32 Å². The number of hydrogen-bond donors (Lipinski definition) is 1. The molecule has 3 aromatic carbocycles. The zero-order valence-electron chi connectivity index (χ0n) is 16.9. The van der Waals surface area contributed by atoms with Crippen molar-refractivity contribution in [3.05, 3.63) is 121 Å². The zero-order chi connectivity index (χ0) is 19.7. The minimum atomic E-state index is 0. The van der Waals surface area contributed by atoms with Crippen molar-refractivity contribution in [3.63, 3.8) is 0 Å². The molecule has 1 N–H and O–H groups in total. The van der Waals surface area contributed by atoms with E-state index in [9.17, 15) is 0 Å². The molecule has 0 aliphatic heterocycles. The van der Waals surface area contributed by atoms with Gasteiger partial charge in [-0.05, 0) is 57.9 Å². The fraction of sp³-hybridized carbons (Fsp3) is 0.0769. The number of pyridine rings is 2. The van der Waals surface area contributed by atoms with Gasteiger partial charge in [0.25, 0.3) is 0 Å². The largest absolute Gasteiger partial charge is 0.306 e. The van der Waals surface area contributed by atoms with Gasteiger partial charge in [-0.3, -0.25) is 9.97 Å². The number of rotatable bonds is 4. The minimum Gasteiger partial charge on any atom is -0.306 e. The van der Waals surface area contributed by atoms with E-state index in [2.05, 4.69) is 75.9 Å². The summed E-state index contributed by atoms with van der Waals surface area (Å²) in [6, 6.07) is 33.3. The summed E-state index contributed by atoms with van der Waals surface area (Å²) in [5, 5.41) is 8.54. The molecule has 0 saturated carbocycles. The molecule has 4 heteroatoms. The predicted octanol–water partition coefficient (Wildman–Crippen LogP) is 5.76. The molecule has 2 heterocycles. The fourth-order valence-corrected chi connectivity index (χ4v) is 3.21. The van der Waals surface area contributed by atoms with Crippen molar-refractivity contribution in [2.45, 2.75) is 13.1 Å². The number of nitrogens with one attached hydrogen (secondary N) is 1. The summed E-state index contributed by atoms with van der Waals surface area (Å²) in [6.45, 7) is 1.55. The summed E-state index contributed by atoms with van der Waals surface area (Å²) in [7, 11) is 0. The first-order valence-electron chi connectivity index (χ1n) is 9.76. The maximum absolute atomic E-state index is 4.23. The zero-order valence-corrected chi connectivity index (χ0v) is 19.9. The number of hydrogen-bond acceptors (Lipinski definition) is 3. The number of benzene rings is 3. The van der Waals surface area contributed by atoms with E-state index >= 15 is 0 Å². The quantitative estimate of drug-likeness (QED) is 0.284. The Balaban J connectivity index is 0.000000165. The molecule has 0 fully saturated rings. The van der Waals surface area contributed by atoms with Gasteiger partial charge in [-0.15, -0.1) is 0 Å². The molecule has 3 nitrogen and oxygen atoms in total. The molecule has 0 saturated heterocycles. The summed E-state index contributed by atoms with van der Waals surface area (Å²) in [5.41, 5.74) is 2.10. The second-order valence-corrected chi connectivity index (χ2v) is 6.79. The third-order valence-corrected chi connectivity index (χ3v) is 4.68. The van der Waals surface area contributed by atoms with Crippen molar-refractivity contribution in [2.24, 2.45) is 0 Å². The summed E-state index contributed by atoms with van der Waals surface area (Å²) in [6.07, 6.45) is 3.61. The van der Waals surface area contributed by atoms with Crippen molar-refractivity contribution < 1.29 is 19.5 Å². The van der Waals surface area contributed by atoms with E-state index in [1.165, 1.54) is 21.5 Å². The molecular formula is C26H23N3Zn. The summed E-state index contributed by atoms with van der Waals surface area (Å²) in [5.74, 6) is 0. The molecule has 0 bridgehead atoms. The monoisotopic (exact) mass is 441 g/mol. The van der Waals surface area contributed by atoms with Gasteiger partial charge in [-0.25, -0.2) is 0 Å². The molecule has 0 spiro atoms. The SMILES string of the molecule is [Zn].c1ccc(CNCc2ccccn2)nc1.c1ccc2cc3ccccc3cc2c1. The van der Waals surface area contributed by atoms with Gasteiger partial charge >= 0.3 is 0 Å². The first kappa shape index (κ1) is 21.8. The molecule has 30 heavy (non-hydrogen) atoms. The van der Waals surface area contributed by atoms with Crippen molar-refractivity contribution in [3.8, 4) is 0 Å². The van der Waals surface area contributed by atoms with Crippen LogP contribution in [-0.4, -0.2) is 9.97 Å². The van der Waals surface area contributed by atoms with E-state index in [4.69, 9.17) is 0 Å². The van der Waals surface area contributed by atoms with Crippen LogP contribution in [-0.2, 0) is 32.6 Å². The van der Waals surface area contributed by atoms with Crippen LogP contribution in [0.2, 0.25) is 0 Å². The van der Waals surface area contributed by atoms with E-state index in [0.29, 0.717) is 0 Å². The van der Waals surface area contributed by atoms with Crippen LogP contribution in [0.3, 0.4) is 0 Å². The maximum atomic E-state index is 4.23. The molecule has 0 radical (unpaired) electrons. The fourth-order valence-electron chi connectivity index (χ4n) is 3.21. The number of nitrogens with zero attached hydrogens (tertiary/aromatic N) is 2. The Bertz CT molecular complexity index is 1030. The van der Waals surface area contributed by atoms with Crippen LogP contribution in [0, 0.1) is 0 Å². The molecular weight excluding hydrogens is 420 g/mol.